The molecule has 0 aliphatic heterocycles. The van der Waals surface area contributed by atoms with E-state index in [0.29, 0.717) is 5.92 Å². The van der Waals surface area contributed by atoms with Crippen LogP contribution in [0.4, 0.5) is 4.39 Å². The van der Waals surface area contributed by atoms with Gasteiger partial charge in [0.05, 0.1) is 11.7 Å². The molecule has 1 radical (unpaired) electrons. The van der Waals surface area contributed by atoms with E-state index in [4.69, 9.17) is 4.74 Å². The number of hydrogen-bond donors (Lipinski definition) is 0. The van der Waals surface area contributed by atoms with E-state index in [9.17, 15) is 9.18 Å². The summed E-state index contributed by atoms with van der Waals surface area (Å²) in [5.74, 6) is -0.640. The lowest BCUT2D eigenvalue weighted by Gasteiger charge is -2.18. The lowest BCUT2D eigenvalue weighted by atomic mass is 9.97. The molecule has 0 spiro atoms. The first-order valence-corrected chi connectivity index (χ1v) is 6.45. The summed E-state index contributed by atoms with van der Waals surface area (Å²) in [6, 6.07) is 6.61. The number of ether oxygens (including phenoxy) is 1. The molecule has 0 aliphatic carbocycles. The highest BCUT2D eigenvalue weighted by Gasteiger charge is 2.17. The Kier molecular flexibility index (Phi) is 5.83. The van der Waals surface area contributed by atoms with Gasteiger partial charge in [-0.1, -0.05) is 32.8 Å². The normalized spacial score (nSPS) is 12.5. The molecule has 0 aromatic heterocycles. The first-order chi connectivity index (χ1) is 8.58. The number of carbonyl (C=O) groups is 1. The first kappa shape index (κ1) is 14.7. The Morgan fingerprint density at radius 2 is 2.11 bits per heavy atom. The number of benzene rings is 1. The monoisotopic (exact) mass is 251 g/mol. The second-order valence-corrected chi connectivity index (χ2v) is 4.54. The van der Waals surface area contributed by atoms with Crippen LogP contribution >= 0.6 is 0 Å². The second-order valence-electron chi connectivity index (χ2n) is 4.54. The van der Waals surface area contributed by atoms with Gasteiger partial charge in [0.1, 0.15) is 5.82 Å². The third-order valence-corrected chi connectivity index (χ3v) is 3.16. The minimum absolute atomic E-state index is 0.0230. The number of rotatable bonds is 6. The third-order valence-electron chi connectivity index (χ3n) is 3.16. The van der Waals surface area contributed by atoms with Crippen molar-refractivity contribution >= 4 is 5.97 Å². The molecule has 0 aliphatic rings. The van der Waals surface area contributed by atoms with Gasteiger partial charge in [0.25, 0.3) is 0 Å². The molecule has 1 atom stereocenters. The van der Waals surface area contributed by atoms with Crippen LogP contribution in [0.15, 0.2) is 18.2 Å². The summed E-state index contributed by atoms with van der Waals surface area (Å²) in [6.45, 7) is 6.09. The summed E-state index contributed by atoms with van der Waals surface area (Å²) in [7, 11) is 0. The summed E-state index contributed by atoms with van der Waals surface area (Å²) in [5, 5.41) is 0. The standard InChI is InChI=1S/C15H20FO2/c1-4-12(5-2)10-11(3)18-15(17)13-8-6-7-9-14(13)16/h6,8-9,11-12H,4-5,10H2,1-3H3. The highest BCUT2D eigenvalue weighted by Crippen LogP contribution is 2.18. The Labute approximate surface area is 108 Å². The zero-order valence-electron chi connectivity index (χ0n) is 11.2. The van der Waals surface area contributed by atoms with Crippen LogP contribution in [0.25, 0.3) is 0 Å². The Morgan fingerprint density at radius 1 is 1.44 bits per heavy atom. The van der Waals surface area contributed by atoms with Gasteiger partial charge in [-0.2, -0.15) is 0 Å². The van der Waals surface area contributed by atoms with Gasteiger partial charge < -0.3 is 4.74 Å². The fourth-order valence-corrected chi connectivity index (χ4v) is 1.96. The predicted octanol–water partition coefficient (Wildman–Crippen LogP) is 4.00. The van der Waals surface area contributed by atoms with E-state index >= 15 is 0 Å². The van der Waals surface area contributed by atoms with Gasteiger partial charge in [-0.05, 0) is 37.5 Å². The van der Waals surface area contributed by atoms with E-state index in [1.807, 2.05) is 6.92 Å². The lowest BCUT2D eigenvalue weighted by molar-refractivity contribution is 0.0280. The van der Waals surface area contributed by atoms with Gasteiger partial charge >= 0.3 is 5.97 Å². The number of carbonyl (C=O) groups excluding carboxylic acids is 1. The molecule has 1 rings (SSSR count). The zero-order chi connectivity index (χ0) is 13.5. The summed E-state index contributed by atoms with van der Waals surface area (Å²) in [6.07, 6.45) is 2.75. The predicted molar refractivity (Wildman–Crippen MR) is 68.8 cm³/mol. The molecule has 0 saturated heterocycles. The SMILES string of the molecule is CCC(CC)CC(C)OC(=O)c1cc[c]cc1F. The van der Waals surface area contributed by atoms with E-state index in [0.717, 1.165) is 25.3 Å². The fraction of sp³-hybridized carbons (Fsp3) is 0.533. The van der Waals surface area contributed by atoms with Crippen LogP contribution in [-0.2, 0) is 4.74 Å². The third kappa shape index (κ3) is 4.13. The molecule has 1 aromatic rings. The molecule has 3 heteroatoms. The van der Waals surface area contributed by atoms with Crippen LogP contribution in [0.1, 0.15) is 50.4 Å². The lowest BCUT2D eigenvalue weighted by Crippen LogP contribution is -2.19. The summed E-state index contributed by atoms with van der Waals surface area (Å²) >= 11 is 0. The topological polar surface area (TPSA) is 26.3 Å². The van der Waals surface area contributed by atoms with Gasteiger partial charge in [0.15, 0.2) is 0 Å². The number of hydrogen-bond acceptors (Lipinski definition) is 2. The molecule has 0 fully saturated rings. The minimum atomic E-state index is -0.597. The maximum Gasteiger partial charge on any atom is 0.341 e. The van der Waals surface area contributed by atoms with E-state index in [1.165, 1.54) is 12.1 Å². The summed E-state index contributed by atoms with van der Waals surface area (Å²) < 4.78 is 18.6. The quantitative estimate of drug-likeness (QED) is 0.714. The Hall–Kier alpha value is -1.38. The largest absolute Gasteiger partial charge is 0.459 e. The zero-order valence-corrected chi connectivity index (χ0v) is 11.2. The van der Waals surface area contributed by atoms with Crippen LogP contribution in [0.2, 0.25) is 0 Å². The molecular formula is C15H20FO2. The maximum absolute atomic E-state index is 13.4. The molecule has 0 bridgehead atoms. The molecule has 1 aromatic carbocycles. The van der Waals surface area contributed by atoms with Crippen molar-refractivity contribution in [2.45, 2.75) is 46.1 Å². The van der Waals surface area contributed by atoms with Crippen molar-refractivity contribution in [2.75, 3.05) is 0 Å². The van der Waals surface area contributed by atoms with Crippen molar-refractivity contribution in [3.63, 3.8) is 0 Å². The van der Waals surface area contributed by atoms with Crippen LogP contribution in [0, 0.1) is 17.8 Å². The number of halogens is 1. The Balaban J connectivity index is 2.57. The highest BCUT2D eigenvalue weighted by molar-refractivity contribution is 5.89. The molecular weight excluding hydrogens is 231 g/mol. The maximum atomic E-state index is 13.4. The average Bonchev–Trinajstić information content (AvgIpc) is 2.36. The van der Waals surface area contributed by atoms with Gasteiger partial charge in [-0.25, -0.2) is 9.18 Å². The van der Waals surface area contributed by atoms with E-state index < -0.39 is 11.8 Å². The fourth-order valence-electron chi connectivity index (χ4n) is 1.96. The van der Waals surface area contributed by atoms with Crippen molar-refractivity contribution in [3.8, 4) is 0 Å². The van der Waals surface area contributed by atoms with Gasteiger partial charge in [-0.15, -0.1) is 0 Å². The van der Waals surface area contributed by atoms with Gasteiger partial charge in [0, 0.05) is 0 Å². The van der Waals surface area contributed by atoms with E-state index in [-0.39, 0.29) is 11.7 Å². The molecule has 0 amide bonds. The molecule has 2 nitrogen and oxygen atoms in total. The molecule has 99 valence electrons. The van der Waals surface area contributed by atoms with Crippen LogP contribution in [0.5, 0.6) is 0 Å². The van der Waals surface area contributed by atoms with E-state index in [1.54, 1.807) is 0 Å². The Bertz CT molecular complexity index is 386. The highest BCUT2D eigenvalue weighted by atomic mass is 19.1. The molecule has 0 N–H and O–H groups in total. The Morgan fingerprint density at radius 3 is 2.67 bits per heavy atom. The van der Waals surface area contributed by atoms with Crippen LogP contribution < -0.4 is 0 Å². The molecule has 1 unspecified atom stereocenters. The van der Waals surface area contributed by atoms with Crippen molar-refractivity contribution in [1.82, 2.24) is 0 Å². The molecule has 18 heavy (non-hydrogen) atoms. The minimum Gasteiger partial charge on any atom is -0.459 e. The first-order valence-electron chi connectivity index (χ1n) is 6.45. The average molecular weight is 251 g/mol. The van der Waals surface area contributed by atoms with Crippen LogP contribution in [-0.4, -0.2) is 12.1 Å². The summed E-state index contributed by atoms with van der Waals surface area (Å²) in [5.41, 5.74) is -0.0230. The number of esters is 1. The van der Waals surface area contributed by atoms with Gasteiger partial charge in [-0.3, -0.25) is 0 Å². The molecule has 0 saturated carbocycles. The summed E-state index contributed by atoms with van der Waals surface area (Å²) in [4.78, 5) is 11.8. The second kappa shape index (κ2) is 7.14. The van der Waals surface area contributed by atoms with Gasteiger partial charge in [0.2, 0.25) is 0 Å². The smallest absolute Gasteiger partial charge is 0.341 e. The van der Waals surface area contributed by atoms with Crippen molar-refractivity contribution in [2.24, 2.45) is 5.92 Å². The van der Waals surface area contributed by atoms with E-state index in [2.05, 4.69) is 19.9 Å². The van der Waals surface area contributed by atoms with Crippen molar-refractivity contribution < 1.29 is 13.9 Å². The van der Waals surface area contributed by atoms with Crippen molar-refractivity contribution in [3.05, 3.63) is 35.6 Å². The molecule has 0 heterocycles. The van der Waals surface area contributed by atoms with Crippen LogP contribution in [0.3, 0.4) is 0 Å². The van der Waals surface area contributed by atoms with Crippen molar-refractivity contribution in [1.29, 1.82) is 0 Å².